The van der Waals surface area contributed by atoms with E-state index in [1.165, 1.54) is 0 Å². The number of imide groups is 1. The number of amides is 3. The van der Waals surface area contributed by atoms with Crippen LogP contribution in [0.5, 0.6) is 0 Å². The van der Waals surface area contributed by atoms with Crippen molar-refractivity contribution in [3.05, 3.63) is 0 Å². The highest BCUT2D eigenvalue weighted by Gasteiger charge is 2.28. The van der Waals surface area contributed by atoms with Gasteiger partial charge in [-0.05, 0) is 6.92 Å². The molecule has 72 valence electrons. The summed E-state index contributed by atoms with van der Waals surface area (Å²) in [5, 5.41) is 2.05. The van der Waals surface area contributed by atoms with Gasteiger partial charge in [0.15, 0.2) is 0 Å². The van der Waals surface area contributed by atoms with Crippen molar-refractivity contribution in [2.24, 2.45) is 0 Å². The van der Waals surface area contributed by atoms with Crippen molar-refractivity contribution in [3.63, 3.8) is 0 Å². The third kappa shape index (κ3) is 2.43. The molecule has 3 amide bonds. The van der Waals surface area contributed by atoms with Gasteiger partial charge in [-0.1, -0.05) is 0 Å². The molecular weight excluding hydrogens is 176 g/mol. The second-order valence-corrected chi connectivity index (χ2v) is 2.51. The van der Waals surface area contributed by atoms with E-state index < -0.39 is 17.9 Å². The van der Waals surface area contributed by atoms with Crippen LogP contribution in [0.1, 0.15) is 6.92 Å². The summed E-state index contributed by atoms with van der Waals surface area (Å²) in [6.45, 7) is 1.69. The Kier molecular flexibility index (Phi) is 2.84. The van der Waals surface area contributed by atoms with Gasteiger partial charge in [0.25, 0.3) is 0 Å². The van der Waals surface area contributed by atoms with Gasteiger partial charge in [0.05, 0.1) is 6.61 Å². The fourth-order valence-corrected chi connectivity index (χ4v) is 0.973. The van der Waals surface area contributed by atoms with Crippen LogP contribution in [0.15, 0.2) is 0 Å². The predicted octanol–water partition coefficient (Wildman–Crippen LogP) is -0.899. The first-order chi connectivity index (χ1) is 6.13. The molecule has 1 heterocycles. The Labute approximate surface area is 74.8 Å². The smallest absolute Gasteiger partial charge is 0.325 e. The maximum Gasteiger partial charge on any atom is 0.325 e. The molecule has 0 unspecified atom stereocenters. The first-order valence-corrected chi connectivity index (χ1v) is 3.88. The van der Waals surface area contributed by atoms with Crippen LogP contribution < -0.4 is 5.32 Å². The summed E-state index contributed by atoms with van der Waals surface area (Å²) in [6, 6.07) is -0.543. The molecule has 0 aromatic heterocycles. The zero-order valence-corrected chi connectivity index (χ0v) is 7.20. The molecule has 0 saturated carbocycles. The molecule has 0 aromatic carbocycles. The van der Waals surface area contributed by atoms with E-state index in [9.17, 15) is 14.4 Å². The molecule has 1 aliphatic heterocycles. The molecule has 0 aromatic rings. The van der Waals surface area contributed by atoms with E-state index in [0.717, 1.165) is 4.90 Å². The summed E-state index contributed by atoms with van der Waals surface area (Å²) in [4.78, 5) is 33.6. The van der Waals surface area contributed by atoms with Crippen LogP contribution in [-0.4, -0.2) is 42.5 Å². The van der Waals surface area contributed by atoms with Crippen LogP contribution in [0.25, 0.3) is 0 Å². The number of carbonyl (C=O) groups excluding carboxylic acids is 3. The lowest BCUT2D eigenvalue weighted by Gasteiger charge is -2.10. The summed E-state index contributed by atoms with van der Waals surface area (Å²) >= 11 is 0. The van der Waals surface area contributed by atoms with E-state index in [4.69, 9.17) is 0 Å². The maximum atomic E-state index is 10.9. The van der Waals surface area contributed by atoms with Crippen molar-refractivity contribution in [2.45, 2.75) is 6.92 Å². The minimum absolute atomic E-state index is 0.0718. The number of hydrogen-bond donors (Lipinski definition) is 1. The zero-order valence-electron chi connectivity index (χ0n) is 7.20. The van der Waals surface area contributed by atoms with Gasteiger partial charge in [-0.25, -0.2) is 4.79 Å². The largest absolute Gasteiger partial charge is 0.465 e. The van der Waals surface area contributed by atoms with Gasteiger partial charge in [-0.2, -0.15) is 0 Å². The highest BCUT2D eigenvalue weighted by molar-refractivity contribution is 6.02. The molecule has 1 fully saturated rings. The lowest BCUT2D eigenvalue weighted by atomic mass is 10.5. The fourth-order valence-electron chi connectivity index (χ4n) is 0.973. The summed E-state index contributed by atoms with van der Waals surface area (Å²) in [5.74, 6) is -0.901. The third-order valence-corrected chi connectivity index (χ3v) is 1.49. The van der Waals surface area contributed by atoms with Crippen molar-refractivity contribution < 1.29 is 19.1 Å². The topological polar surface area (TPSA) is 75.7 Å². The average Bonchev–Trinajstić information content (AvgIpc) is 2.30. The summed E-state index contributed by atoms with van der Waals surface area (Å²) in [6.07, 6.45) is 0. The van der Waals surface area contributed by atoms with Crippen molar-refractivity contribution in [2.75, 3.05) is 19.7 Å². The molecule has 0 spiro atoms. The van der Waals surface area contributed by atoms with Gasteiger partial charge in [-0.3, -0.25) is 14.9 Å². The fraction of sp³-hybridized carbons (Fsp3) is 0.571. The Morgan fingerprint density at radius 2 is 2.31 bits per heavy atom. The number of nitrogens with zero attached hydrogens (tertiary/aromatic N) is 1. The normalized spacial score (nSPS) is 15.9. The van der Waals surface area contributed by atoms with Gasteiger partial charge in [0, 0.05) is 0 Å². The molecule has 1 saturated heterocycles. The van der Waals surface area contributed by atoms with E-state index in [0.29, 0.717) is 0 Å². The third-order valence-electron chi connectivity index (χ3n) is 1.49. The summed E-state index contributed by atoms with van der Waals surface area (Å²) < 4.78 is 4.62. The van der Waals surface area contributed by atoms with Crippen molar-refractivity contribution in [3.8, 4) is 0 Å². The Morgan fingerprint density at radius 3 is 2.77 bits per heavy atom. The van der Waals surface area contributed by atoms with Gasteiger partial charge < -0.3 is 9.64 Å². The first-order valence-electron chi connectivity index (χ1n) is 3.88. The van der Waals surface area contributed by atoms with E-state index in [-0.39, 0.29) is 19.7 Å². The molecule has 13 heavy (non-hydrogen) atoms. The number of carbonyl (C=O) groups is 3. The number of rotatable bonds is 3. The monoisotopic (exact) mass is 186 g/mol. The van der Waals surface area contributed by atoms with Crippen molar-refractivity contribution in [1.82, 2.24) is 10.2 Å². The second-order valence-electron chi connectivity index (χ2n) is 2.51. The molecule has 1 N–H and O–H groups in total. The molecule has 1 rings (SSSR count). The molecular formula is C7H10N2O4. The van der Waals surface area contributed by atoms with Crippen LogP contribution in [0.3, 0.4) is 0 Å². The van der Waals surface area contributed by atoms with Gasteiger partial charge in [0.1, 0.15) is 13.1 Å². The van der Waals surface area contributed by atoms with Crippen molar-refractivity contribution in [1.29, 1.82) is 0 Å². The van der Waals surface area contributed by atoms with Crippen LogP contribution in [0.4, 0.5) is 4.79 Å². The standard InChI is InChI=1S/C7H10N2O4/c1-2-13-6(11)4-9-3-5(10)8-7(9)12/h2-4H2,1H3,(H,8,10,12). The lowest BCUT2D eigenvalue weighted by molar-refractivity contribution is -0.143. The number of hydrogen-bond acceptors (Lipinski definition) is 4. The number of ether oxygens (including phenoxy) is 1. The summed E-state index contributed by atoms with van der Waals surface area (Å²) in [5.41, 5.74) is 0. The van der Waals surface area contributed by atoms with E-state index in [2.05, 4.69) is 10.1 Å². The van der Waals surface area contributed by atoms with E-state index >= 15 is 0 Å². The first kappa shape index (κ1) is 9.50. The van der Waals surface area contributed by atoms with E-state index in [1.54, 1.807) is 6.92 Å². The van der Waals surface area contributed by atoms with Gasteiger partial charge in [-0.15, -0.1) is 0 Å². The maximum absolute atomic E-state index is 10.9. The molecule has 0 bridgehead atoms. The SMILES string of the molecule is CCOC(=O)CN1CC(=O)NC1=O. The Bertz CT molecular complexity index is 251. The molecule has 6 heteroatoms. The van der Waals surface area contributed by atoms with Gasteiger partial charge in [0.2, 0.25) is 5.91 Å². The Hall–Kier alpha value is -1.59. The van der Waals surface area contributed by atoms with Crippen LogP contribution in [0.2, 0.25) is 0 Å². The lowest BCUT2D eigenvalue weighted by Crippen LogP contribution is -2.33. The number of nitrogens with one attached hydrogen (secondary N) is 1. The van der Waals surface area contributed by atoms with Crippen LogP contribution >= 0.6 is 0 Å². The predicted molar refractivity (Wildman–Crippen MR) is 41.7 cm³/mol. The average molecular weight is 186 g/mol. The highest BCUT2D eigenvalue weighted by atomic mass is 16.5. The molecule has 0 radical (unpaired) electrons. The number of urea groups is 1. The zero-order chi connectivity index (χ0) is 9.84. The molecule has 0 aliphatic carbocycles. The molecule has 6 nitrogen and oxygen atoms in total. The van der Waals surface area contributed by atoms with Crippen LogP contribution in [0, 0.1) is 0 Å². The minimum Gasteiger partial charge on any atom is -0.465 e. The minimum atomic E-state index is -0.543. The second kappa shape index (κ2) is 3.88. The Balaban J connectivity index is 2.41. The van der Waals surface area contributed by atoms with Gasteiger partial charge >= 0.3 is 12.0 Å². The number of esters is 1. The summed E-state index contributed by atoms with van der Waals surface area (Å²) in [7, 11) is 0. The molecule has 1 aliphatic rings. The quantitative estimate of drug-likeness (QED) is 0.458. The Morgan fingerprint density at radius 1 is 1.62 bits per heavy atom. The molecule has 0 atom stereocenters. The van der Waals surface area contributed by atoms with E-state index in [1.807, 2.05) is 0 Å². The highest BCUT2D eigenvalue weighted by Crippen LogP contribution is 1.97. The van der Waals surface area contributed by atoms with Crippen LogP contribution in [-0.2, 0) is 14.3 Å². The van der Waals surface area contributed by atoms with Crippen molar-refractivity contribution >= 4 is 17.9 Å².